The molecule has 3 aromatic rings. The maximum absolute atomic E-state index is 2.29. The molecule has 0 aliphatic rings. The van der Waals surface area contributed by atoms with Gasteiger partial charge in [0.1, 0.15) is 0 Å². The lowest BCUT2D eigenvalue weighted by Gasteiger charge is -1.97. The highest BCUT2D eigenvalue weighted by atomic mass is 32.1. The number of hydrogen-bond acceptors (Lipinski definition) is 2. The van der Waals surface area contributed by atoms with Gasteiger partial charge in [-0.1, -0.05) is 30.3 Å². The molecule has 0 amide bonds. The van der Waals surface area contributed by atoms with Crippen molar-refractivity contribution in [3.63, 3.8) is 0 Å². The fourth-order valence-corrected chi connectivity index (χ4v) is 3.86. The Morgan fingerprint density at radius 1 is 0.933 bits per heavy atom. The van der Waals surface area contributed by atoms with Crippen molar-refractivity contribution in [1.82, 2.24) is 0 Å². The van der Waals surface area contributed by atoms with Crippen LogP contribution in [0.1, 0.15) is 11.1 Å². The third kappa shape index (κ3) is 1.71. The van der Waals surface area contributed by atoms with Gasteiger partial charge in [-0.2, -0.15) is 0 Å². The van der Waals surface area contributed by atoms with Gasteiger partial charge in [0, 0.05) is 9.40 Å². The van der Waals surface area contributed by atoms with Crippen LogP contribution in [0.3, 0.4) is 0 Å². The highest BCUT2D eigenvalue weighted by molar-refractivity contribution is 7.26. The molecule has 15 heavy (non-hydrogen) atoms. The van der Waals surface area contributed by atoms with Crippen molar-refractivity contribution in [1.29, 1.82) is 0 Å². The molecular weight excluding hydrogens is 220 g/mol. The van der Waals surface area contributed by atoms with Crippen molar-refractivity contribution in [2.45, 2.75) is 6.42 Å². The zero-order valence-electron chi connectivity index (χ0n) is 8.14. The van der Waals surface area contributed by atoms with Crippen LogP contribution in [0.15, 0.2) is 47.2 Å². The van der Waals surface area contributed by atoms with Crippen LogP contribution in [-0.4, -0.2) is 0 Å². The van der Waals surface area contributed by atoms with E-state index in [0.717, 1.165) is 6.42 Å². The van der Waals surface area contributed by atoms with Gasteiger partial charge in [-0.15, -0.1) is 22.7 Å². The van der Waals surface area contributed by atoms with E-state index in [2.05, 4.69) is 47.2 Å². The quantitative estimate of drug-likeness (QED) is 0.605. The molecule has 0 aliphatic heterocycles. The molecule has 74 valence electrons. The lowest BCUT2D eigenvalue weighted by atomic mass is 10.1. The number of thiophene rings is 2. The first kappa shape index (κ1) is 9.13. The number of hydrogen-bond donors (Lipinski definition) is 0. The van der Waals surface area contributed by atoms with Crippen molar-refractivity contribution in [2.75, 3.05) is 0 Å². The van der Waals surface area contributed by atoms with Crippen LogP contribution in [0, 0.1) is 0 Å². The SMILES string of the molecule is c1ccc(Cc2csc3ccsc23)cc1. The Hall–Kier alpha value is -1.12. The molecule has 0 aliphatic carbocycles. The summed E-state index contributed by atoms with van der Waals surface area (Å²) in [4.78, 5) is 0. The summed E-state index contributed by atoms with van der Waals surface area (Å²) in [6.07, 6.45) is 1.06. The summed E-state index contributed by atoms with van der Waals surface area (Å²) in [5.41, 5.74) is 2.86. The van der Waals surface area contributed by atoms with Gasteiger partial charge in [0.25, 0.3) is 0 Å². The van der Waals surface area contributed by atoms with E-state index in [9.17, 15) is 0 Å². The molecule has 0 N–H and O–H groups in total. The first-order valence-electron chi connectivity index (χ1n) is 4.91. The molecule has 0 unspecified atom stereocenters. The van der Waals surface area contributed by atoms with Gasteiger partial charge in [-0.25, -0.2) is 0 Å². The van der Waals surface area contributed by atoms with Crippen molar-refractivity contribution >= 4 is 32.1 Å². The Bertz CT molecular complexity index is 560. The Kier molecular flexibility index (Phi) is 2.31. The van der Waals surface area contributed by atoms with E-state index in [1.54, 1.807) is 0 Å². The second-order valence-electron chi connectivity index (χ2n) is 3.54. The van der Waals surface area contributed by atoms with E-state index >= 15 is 0 Å². The molecule has 2 aromatic heterocycles. The normalized spacial score (nSPS) is 10.9. The summed E-state index contributed by atoms with van der Waals surface area (Å²) in [6.45, 7) is 0. The third-order valence-electron chi connectivity index (χ3n) is 2.49. The van der Waals surface area contributed by atoms with Crippen molar-refractivity contribution in [2.24, 2.45) is 0 Å². The minimum atomic E-state index is 1.06. The molecule has 2 heteroatoms. The molecule has 1 aromatic carbocycles. The smallest absolute Gasteiger partial charge is 0.0485 e. The Labute approximate surface area is 96.8 Å². The summed E-state index contributed by atoms with van der Waals surface area (Å²) in [5, 5.41) is 4.46. The predicted molar refractivity (Wildman–Crippen MR) is 69.0 cm³/mol. The molecule has 0 fully saturated rings. The summed E-state index contributed by atoms with van der Waals surface area (Å²) in [6, 6.07) is 12.9. The number of fused-ring (bicyclic) bond motifs is 1. The van der Waals surface area contributed by atoms with Crippen molar-refractivity contribution in [3.05, 3.63) is 58.3 Å². The Balaban J connectivity index is 1.99. The minimum absolute atomic E-state index is 1.06. The predicted octanol–water partition coefficient (Wildman–Crippen LogP) is 4.55. The van der Waals surface area contributed by atoms with E-state index in [4.69, 9.17) is 0 Å². The lowest BCUT2D eigenvalue weighted by Crippen LogP contribution is -1.83. The van der Waals surface area contributed by atoms with Crippen molar-refractivity contribution in [3.8, 4) is 0 Å². The Morgan fingerprint density at radius 3 is 2.67 bits per heavy atom. The van der Waals surface area contributed by atoms with Gasteiger partial charge in [-0.3, -0.25) is 0 Å². The maximum atomic E-state index is 2.29. The molecule has 0 atom stereocenters. The molecule has 0 bridgehead atoms. The van der Waals surface area contributed by atoms with Gasteiger partial charge in [0.05, 0.1) is 0 Å². The van der Waals surface area contributed by atoms with Crippen LogP contribution < -0.4 is 0 Å². The molecule has 0 radical (unpaired) electrons. The minimum Gasteiger partial charge on any atom is -0.143 e. The highest BCUT2D eigenvalue weighted by Crippen LogP contribution is 2.32. The van der Waals surface area contributed by atoms with Crippen LogP contribution in [0.4, 0.5) is 0 Å². The molecule has 2 heterocycles. The van der Waals surface area contributed by atoms with E-state index in [1.807, 2.05) is 22.7 Å². The fraction of sp³-hybridized carbons (Fsp3) is 0.0769. The Morgan fingerprint density at radius 2 is 1.80 bits per heavy atom. The highest BCUT2D eigenvalue weighted by Gasteiger charge is 2.05. The summed E-state index contributed by atoms with van der Waals surface area (Å²) >= 11 is 3.70. The maximum Gasteiger partial charge on any atom is 0.0485 e. The van der Waals surface area contributed by atoms with Gasteiger partial charge in [0.15, 0.2) is 0 Å². The van der Waals surface area contributed by atoms with Gasteiger partial charge >= 0.3 is 0 Å². The van der Waals surface area contributed by atoms with Gasteiger partial charge < -0.3 is 0 Å². The van der Waals surface area contributed by atoms with Crippen LogP contribution in [-0.2, 0) is 6.42 Å². The molecule has 0 spiro atoms. The largest absolute Gasteiger partial charge is 0.143 e. The zero-order valence-corrected chi connectivity index (χ0v) is 9.78. The molecular formula is C13H10S2. The molecule has 0 saturated heterocycles. The van der Waals surface area contributed by atoms with E-state index in [0.29, 0.717) is 0 Å². The first-order chi connectivity index (χ1) is 7.43. The molecule has 0 nitrogen and oxygen atoms in total. The topological polar surface area (TPSA) is 0 Å². The summed E-state index contributed by atoms with van der Waals surface area (Å²) in [5.74, 6) is 0. The second kappa shape index (κ2) is 3.80. The summed E-state index contributed by atoms with van der Waals surface area (Å²) < 4.78 is 2.88. The zero-order chi connectivity index (χ0) is 10.1. The van der Waals surface area contributed by atoms with Gasteiger partial charge in [-0.05, 0) is 34.4 Å². The number of rotatable bonds is 2. The third-order valence-corrected chi connectivity index (χ3v) is 4.60. The second-order valence-corrected chi connectivity index (χ2v) is 5.36. The van der Waals surface area contributed by atoms with Crippen LogP contribution in [0.5, 0.6) is 0 Å². The standard InChI is InChI=1S/C13H10S2/c1-2-4-10(5-3-1)8-11-9-15-12-6-7-14-13(11)12/h1-7,9H,8H2. The molecule has 0 saturated carbocycles. The number of benzene rings is 1. The average molecular weight is 230 g/mol. The monoisotopic (exact) mass is 230 g/mol. The van der Waals surface area contributed by atoms with E-state index < -0.39 is 0 Å². The van der Waals surface area contributed by atoms with Crippen LogP contribution in [0.25, 0.3) is 9.40 Å². The lowest BCUT2D eigenvalue weighted by molar-refractivity contribution is 1.23. The van der Waals surface area contributed by atoms with Crippen molar-refractivity contribution < 1.29 is 0 Å². The fourth-order valence-electron chi connectivity index (χ4n) is 1.75. The first-order valence-corrected chi connectivity index (χ1v) is 6.67. The summed E-state index contributed by atoms with van der Waals surface area (Å²) in [7, 11) is 0. The van der Waals surface area contributed by atoms with E-state index in [-0.39, 0.29) is 0 Å². The van der Waals surface area contributed by atoms with E-state index in [1.165, 1.54) is 20.5 Å². The molecule has 3 rings (SSSR count). The average Bonchev–Trinajstić information content (AvgIpc) is 2.85. The van der Waals surface area contributed by atoms with Crippen LogP contribution >= 0.6 is 22.7 Å². The van der Waals surface area contributed by atoms with Crippen LogP contribution in [0.2, 0.25) is 0 Å². The van der Waals surface area contributed by atoms with Gasteiger partial charge in [0.2, 0.25) is 0 Å².